The number of nitrogens with zero attached hydrogens (tertiary/aromatic N) is 2. The van der Waals surface area contributed by atoms with E-state index in [2.05, 4.69) is 4.98 Å². The summed E-state index contributed by atoms with van der Waals surface area (Å²) in [5, 5.41) is 2.47. The van der Waals surface area contributed by atoms with Gasteiger partial charge in [-0.15, -0.1) is 11.3 Å². The van der Waals surface area contributed by atoms with Crippen molar-refractivity contribution in [3.63, 3.8) is 0 Å². The van der Waals surface area contributed by atoms with Crippen LogP contribution in [0.2, 0.25) is 0 Å². The van der Waals surface area contributed by atoms with Gasteiger partial charge in [-0.3, -0.25) is 4.79 Å². The molecule has 0 bridgehead atoms. The predicted octanol–water partition coefficient (Wildman–Crippen LogP) is 2.53. The summed E-state index contributed by atoms with van der Waals surface area (Å²) in [5.74, 6) is 1.19. The molecule has 0 saturated heterocycles. The van der Waals surface area contributed by atoms with Crippen molar-refractivity contribution in [1.82, 2.24) is 4.98 Å². The molecular weight excluding hydrogens is 286 g/mol. The number of anilines is 2. The lowest BCUT2D eigenvalue weighted by Gasteiger charge is -2.30. The number of ether oxygens (including phenoxy) is 1. The first-order valence-corrected chi connectivity index (χ1v) is 7.90. The van der Waals surface area contributed by atoms with E-state index in [4.69, 9.17) is 10.5 Å². The van der Waals surface area contributed by atoms with Crippen LogP contribution >= 0.6 is 11.3 Å². The zero-order valence-electron chi connectivity index (χ0n) is 11.4. The summed E-state index contributed by atoms with van der Waals surface area (Å²) >= 11 is 1.41. The summed E-state index contributed by atoms with van der Waals surface area (Å²) < 4.78 is 5.66. The van der Waals surface area contributed by atoms with Crippen molar-refractivity contribution in [1.29, 1.82) is 0 Å². The lowest BCUT2D eigenvalue weighted by Crippen LogP contribution is -2.38. The molecule has 1 aliphatic carbocycles. The maximum absolute atomic E-state index is 12.4. The first kappa shape index (κ1) is 12.6. The Kier molecular flexibility index (Phi) is 2.85. The smallest absolute Gasteiger partial charge is 0.230 e. The minimum Gasteiger partial charge on any atom is -0.490 e. The number of nitrogen functional groups attached to an aromatic ring is 1. The van der Waals surface area contributed by atoms with Crippen LogP contribution in [-0.2, 0) is 4.79 Å². The molecule has 1 amide bonds. The second-order valence-corrected chi connectivity index (χ2v) is 6.26. The number of thiazole rings is 1. The number of hydrogen-bond donors (Lipinski definition) is 1. The molecule has 0 radical (unpaired) electrons. The molecule has 108 valence electrons. The van der Waals surface area contributed by atoms with Gasteiger partial charge < -0.3 is 15.4 Å². The van der Waals surface area contributed by atoms with Gasteiger partial charge in [-0.25, -0.2) is 4.98 Å². The Bertz CT molecular complexity index is 709. The average molecular weight is 301 g/mol. The SMILES string of the molecule is Nc1nc(-c2ccc3c(c2)N(C(=O)C2CC2)CCO3)cs1. The third-order valence-electron chi connectivity index (χ3n) is 3.83. The second kappa shape index (κ2) is 4.73. The number of carbonyl (C=O) groups is 1. The van der Waals surface area contributed by atoms with Crippen molar-refractivity contribution < 1.29 is 9.53 Å². The van der Waals surface area contributed by atoms with E-state index in [9.17, 15) is 4.79 Å². The number of fused-ring (bicyclic) bond motifs is 1. The van der Waals surface area contributed by atoms with Crippen LogP contribution in [0, 0.1) is 5.92 Å². The molecule has 0 spiro atoms. The van der Waals surface area contributed by atoms with E-state index in [1.807, 2.05) is 28.5 Å². The highest BCUT2D eigenvalue weighted by atomic mass is 32.1. The normalized spacial score (nSPS) is 17.2. The van der Waals surface area contributed by atoms with Gasteiger partial charge in [0, 0.05) is 16.9 Å². The van der Waals surface area contributed by atoms with Gasteiger partial charge in [0.05, 0.1) is 17.9 Å². The fourth-order valence-electron chi connectivity index (χ4n) is 2.58. The highest BCUT2D eigenvalue weighted by Gasteiger charge is 2.36. The van der Waals surface area contributed by atoms with Gasteiger partial charge in [-0.05, 0) is 31.0 Å². The minimum atomic E-state index is 0.203. The number of nitrogens with two attached hydrogens (primary N) is 1. The number of carbonyl (C=O) groups excluding carboxylic acids is 1. The molecule has 2 N–H and O–H groups in total. The molecule has 1 saturated carbocycles. The Hall–Kier alpha value is -2.08. The molecule has 1 fully saturated rings. The summed E-state index contributed by atoms with van der Waals surface area (Å²) in [6.45, 7) is 1.17. The monoisotopic (exact) mass is 301 g/mol. The van der Waals surface area contributed by atoms with Gasteiger partial charge in [0.1, 0.15) is 12.4 Å². The summed E-state index contributed by atoms with van der Waals surface area (Å²) in [7, 11) is 0. The maximum atomic E-state index is 12.4. The van der Waals surface area contributed by atoms with Gasteiger partial charge in [-0.2, -0.15) is 0 Å². The quantitative estimate of drug-likeness (QED) is 0.925. The van der Waals surface area contributed by atoms with Crippen molar-refractivity contribution in [2.24, 2.45) is 5.92 Å². The highest BCUT2D eigenvalue weighted by Crippen LogP contribution is 2.39. The minimum absolute atomic E-state index is 0.203. The number of amides is 1. The van der Waals surface area contributed by atoms with E-state index in [0.29, 0.717) is 18.3 Å². The summed E-state index contributed by atoms with van der Waals surface area (Å²) in [6, 6.07) is 5.84. The van der Waals surface area contributed by atoms with Gasteiger partial charge in [0.15, 0.2) is 5.13 Å². The number of hydrogen-bond acceptors (Lipinski definition) is 5. The molecule has 2 heterocycles. The van der Waals surface area contributed by atoms with E-state index in [1.54, 1.807) is 0 Å². The van der Waals surface area contributed by atoms with E-state index < -0.39 is 0 Å². The van der Waals surface area contributed by atoms with E-state index in [-0.39, 0.29) is 11.8 Å². The summed E-state index contributed by atoms with van der Waals surface area (Å²) in [5.41, 5.74) is 8.34. The fraction of sp³-hybridized carbons (Fsp3) is 0.333. The van der Waals surface area contributed by atoms with Crippen molar-refractivity contribution in [2.45, 2.75) is 12.8 Å². The van der Waals surface area contributed by atoms with Crippen LogP contribution in [0.4, 0.5) is 10.8 Å². The second-order valence-electron chi connectivity index (χ2n) is 5.37. The third kappa shape index (κ3) is 2.25. The summed E-state index contributed by atoms with van der Waals surface area (Å²) in [6.07, 6.45) is 2.02. The Morgan fingerprint density at radius 2 is 2.29 bits per heavy atom. The van der Waals surface area contributed by atoms with Crippen LogP contribution in [0.15, 0.2) is 23.6 Å². The summed E-state index contributed by atoms with van der Waals surface area (Å²) in [4.78, 5) is 18.6. The molecule has 21 heavy (non-hydrogen) atoms. The molecule has 1 aliphatic heterocycles. The largest absolute Gasteiger partial charge is 0.490 e. The predicted molar refractivity (Wildman–Crippen MR) is 82.5 cm³/mol. The van der Waals surface area contributed by atoms with Crippen LogP contribution in [0.3, 0.4) is 0 Å². The molecule has 0 unspecified atom stereocenters. The van der Waals surface area contributed by atoms with E-state index in [1.165, 1.54) is 11.3 Å². The molecule has 2 aliphatic rings. The fourth-order valence-corrected chi connectivity index (χ4v) is 3.15. The van der Waals surface area contributed by atoms with Crippen molar-refractivity contribution >= 4 is 28.1 Å². The lowest BCUT2D eigenvalue weighted by molar-refractivity contribution is -0.120. The molecule has 4 rings (SSSR count). The lowest BCUT2D eigenvalue weighted by atomic mass is 10.1. The van der Waals surface area contributed by atoms with Gasteiger partial charge in [-0.1, -0.05) is 0 Å². The number of benzene rings is 1. The Balaban J connectivity index is 1.74. The highest BCUT2D eigenvalue weighted by molar-refractivity contribution is 7.13. The Morgan fingerprint density at radius 1 is 1.43 bits per heavy atom. The van der Waals surface area contributed by atoms with Crippen LogP contribution < -0.4 is 15.4 Å². The molecule has 0 atom stereocenters. The molecule has 1 aromatic carbocycles. The molecule has 2 aromatic rings. The van der Waals surface area contributed by atoms with Crippen LogP contribution in [0.25, 0.3) is 11.3 Å². The molecule has 1 aromatic heterocycles. The topological polar surface area (TPSA) is 68.5 Å². The van der Waals surface area contributed by atoms with E-state index >= 15 is 0 Å². The standard InChI is InChI=1S/C15H15N3O2S/c16-15-17-11(8-21-15)10-3-4-13-12(7-10)18(5-6-20-13)14(19)9-1-2-9/h3-4,7-9H,1-2,5-6H2,(H2,16,17). The number of rotatable bonds is 2. The zero-order chi connectivity index (χ0) is 14.4. The van der Waals surface area contributed by atoms with Crippen LogP contribution in [-0.4, -0.2) is 24.0 Å². The molecule has 5 nitrogen and oxygen atoms in total. The van der Waals surface area contributed by atoms with E-state index in [0.717, 1.165) is 35.5 Å². The van der Waals surface area contributed by atoms with Gasteiger partial charge in [0.25, 0.3) is 0 Å². The van der Waals surface area contributed by atoms with Crippen molar-refractivity contribution in [2.75, 3.05) is 23.8 Å². The Labute approximate surface area is 126 Å². The van der Waals surface area contributed by atoms with Crippen LogP contribution in [0.1, 0.15) is 12.8 Å². The van der Waals surface area contributed by atoms with Crippen molar-refractivity contribution in [3.8, 4) is 17.0 Å². The average Bonchev–Trinajstić information content (AvgIpc) is 3.27. The molecular formula is C15H15N3O2S. The third-order valence-corrected chi connectivity index (χ3v) is 4.51. The Morgan fingerprint density at radius 3 is 3.00 bits per heavy atom. The van der Waals surface area contributed by atoms with Crippen molar-refractivity contribution in [3.05, 3.63) is 23.6 Å². The van der Waals surface area contributed by atoms with Gasteiger partial charge in [0.2, 0.25) is 5.91 Å². The van der Waals surface area contributed by atoms with Gasteiger partial charge >= 0.3 is 0 Å². The number of aromatic nitrogens is 1. The first-order valence-electron chi connectivity index (χ1n) is 7.02. The zero-order valence-corrected chi connectivity index (χ0v) is 12.2. The molecule has 6 heteroatoms. The maximum Gasteiger partial charge on any atom is 0.230 e. The van der Waals surface area contributed by atoms with Crippen LogP contribution in [0.5, 0.6) is 5.75 Å². The first-order chi connectivity index (χ1) is 10.2.